The number of phenols is 2. The molecule has 0 saturated carbocycles. The molecule has 1 aliphatic rings. The molecule has 1 aliphatic heterocycles. The largest absolute Gasteiger partial charge is 0.508 e. The highest BCUT2D eigenvalue weighted by atomic mass is 32.2. The molecule has 3 N–H and O–H groups in total. The van der Waals surface area contributed by atoms with Gasteiger partial charge in [0.2, 0.25) is 11.8 Å². The molecule has 0 aromatic heterocycles. The van der Waals surface area contributed by atoms with E-state index in [9.17, 15) is 24.6 Å². The molecule has 2 aromatic carbocycles. The number of amides is 3. The van der Waals surface area contributed by atoms with Crippen LogP contribution in [0.3, 0.4) is 0 Å². The smallest absolute Gasteiger partial charge is 0.293 e. The number of phenolic OH excluding ortho intramolecular Hbond substituents is 2. The highest BCUT2D eigenvalue weighted by molar-refractivity contribution is 8.15. The number of carbonyl (C=O) groups is 3. The average Bonchev–Trinajstić information content (AvgIpc) is 2.84. The number of rotatable bonds is 4. The van der Waals surface area contributed by atoms with Crippen molar-refractivity contribution in [3.05, 3.63) is 48.5 Å². The van der Waals surface area contributed by atoms with E-state index in [0.29, 0.717) is 11.4 Å². The summed E-state index contributed by atoms with van der Waals surface area (Å²) in [7, 11) is 0. The lowest BCUT2D eigenvalue weighted by Gasteiger charge is -2.14. The molecular weight excluding hydrogens is 344 g/mol. The molecule has 1 heterocycles. The third-order valence-electron chi connectivity index (χ3n) is 3.55. The molecule has 0 bridgehead atoms. The maximum Gasteiger partial charge on any atom is 0.293 e. The Labute approximate surface area is 147 Å². The molecule has 8 heteroatoms. The van der Waals surface area contributed by atoms with Gasteiger partial charge in [-0.15, -0.1) is 0 Å². The number of hydrogen-bond donors (Lipinski definition) is 3. The fourth-order valence-corrected chi connectivity index (χ4v) is 3.33. The van der Waals surface area contributed by atoms with Gasteiger partial charge in [0.05, 0.1) is 5.69 Å². The molecule has 1 fully saturated rings. The summed E-state index contributed by atoms with van der Waals surface area (Å²) in [6.07, 6.45) is -0.148. The first kappa shape index (κ1) is 16.8. The average molecular weight is 358 g/mol. The zero-order chi connectivity index (χ0) is 18.0. The molecule has 1 atom stereocenters. The number of hydrogen-bond acceptors (Lipinski definition) is 6. The van der Waals surface area contributed by atoms with Gasteiger partial charge >= 0.3 is 0 Å². The Bertz CT molecular complexity index is 820. The Hall–Kier alpha value is -3.00. The third kappa shape index (κ3) is 3.74. The fraction of sp³-hybridized carbons (Fsp3) is 0.118. The second kappa shape index (κ2) is 6.86. The number of aromatic hydroxyl groups is 2. The van der Waals surface area contributed by atoms with Crippen molar-refractivity contribution in [3.63, 3.8) is 0 Å². The van der Waals surface area contributed by atoms with E-state index in [1.54, 1.807) is 0 Å². The first-order chi connectivity index (χ1) is 11.9. The highest BCUT2D eigenvalue weighted by Crippen LogP contribution is 2.34. The van der Waals surface area contributed by atoms with Crippen molar-refractivity contribution in [2.45, 2.75) is 11.7 Å². The van der Waals surface area contributed by atoms with Crippen LogP contribution < -0.4 is 10.2 Å². The van der Waals surface area contributed by atoms with Crippen molar-refractivity contribution in [3.8, 4) is 11.5 Å². The molecule has 3 rings (SSSR count). The van der Waals surface area contributed by atoms with Crippen molar-refractivity contribution in [1.82, 2.24) is 0 Å². The first-order valence-electron chi connectivity index (χ1n) is 7.36. The van der Waals surface area contributed by atoms with Gasteiger partial charge in [0.1, 0.15) is 16.7 Å². The van der Waals surface area contributed by atoms with E-state index < -0.39 is 22.3 Å². The lowest BCUT2D eigenvalue weighted by molar-refractivity contribution is -0.121. The Kier molecular flexibility index (Phi) is 4.62. The molecule has 3 amide bonds. The molecule has 128 valence electrons. The van der Waals surface area contributed by atoms with E-state index in [-0.39, 0.29) is 17.9 Å². The molecule has 25 heavy (non-hydrogen) atoms. The summed E-state index contributed by atoms with van der Waals surface area (Å²) in [6.45, 7) is 0. The quantitative estimate of drug-likeness (QED) is 0.726. The summed E-state index contributed by atoms with van der Waals surface area (Å²) < 4.78 is 0. The van der Waals surface area contributed by atoms with Crippen LogP contribution in [0.2, 0.25) is 0 Å². The topological polar surface area (TPSA) is 107 Å². The molecule has 7 nitrogen and oxygen atoms in total. The van der Waals surface area contributed by atoms with Gasteiger partial charge in [0, 0.05) is 12.1 Å². The van der Waals surface area contributed by atoms with E-state index in [1.165, 1.54) is 48.5 Å². The molecular formula is C17H14N2O5S. The van der Waals surface area contributed by atoms with Crippen LogP contribution in [0.15, 0.2) is 48.5 Å². The number of nitrogens with one attached hydrogen (secondary N) is 1. The van der Waals surface area contributed by atoms with Gasteiger partial charge in [0.25, 0.3) is 5.24 Å². The summed E-state index contributed by atoms with van der Waals surface area (Å²) in [5, 5.41) is 19.9. The predicted octanol–water partition coefficient (Wildman–Crippen LogP) is 2.70. The molecule has 2 aromatic rings. The van der Waals surface area contributed by atoms with Crippen LogP contribution in [0, 0.1) is 0 Å². The minimum absolute atomic E-state index is 0.0281. The lowest BCUT2D eigenvalue weighted by Crippen LogP contribution is -2.32. The summed E-state index contributed by atoms with van der Waals surface area (Å²) in [4.78, 5) is 37.6. The van der Waals surface area contributed by atoms with Gasteiger partial charge in [-0.25, -0.2) is 4.90 Å². The molecule has 0 radical (unpaired) electrons. The minimum atomic E-state index is -0.807. The molecule has 1 saturated heterocycles. The summed E-state index contributed by atoms with van der Waals surface area (Å²) >= 11 is 0.796. The third-order valence-corrected chi connectivity index (χ3v) is 4.59. The van der Waals surface area contributed by atoms with E-state index in [4.69, 9.17) is 0 Å². The Morgan fingerprint density at radius 1 is 1.00 bits per heavy atom. The normalized spacial score (nSPS) is 17.0. The van der Waals surface area contributed by atoms with Crippen LogP contribution in [-0.4, -0.2) is 32.5 Å². The zero-order valence-corrected chi connectivity index (χ0v) is 13.7. The SMILES string of the molecule is O=C(CC1SC(=O)N(c2ccc(O)cc2)C1=O)Nc1ccc(O)cc1. The van der Waals surface area contributed by atoms with Gasteiger partial charge in [-0.2, -0.15) is 0 Å². The second-order valence-corrected chi connectivity index (χ2v) is 6.52. The number of thioether (sulfide) groups is 1. The summed E-state index contributed by atoms with van der Waals surface area (Å²) in [6, 6.07) is 11.6. The number of imide groups is 1. The van der Waals surface area contributed by atoms with Crippen molar-refractivity contribution >= 4 is 40.2 Å². The van der Waals surface area contributed by atoms with Gasteiger partial charge in [-0.3, -0.25) is 14.4 Å². The van der Waals surface area contributed by atoms with Crippen LogP contribution in [0.4, 0.5) is 16.2 Å². The highest BCUT2D eigenvalue weighted by Gasteiger charge is 2.41. The van der Waals surface area contributed by atoms with E-state index in [1.807, 2.05) is 0 Å². The maximum absolute atomic E-state index is 12.4. The Morgan fingerprint density at radius 3 is 2.16 bits per heavy atom. The van der Waals surface area contributed by atoms with E-state index >= 15 is 0 Å². The standard InChI is InChI=1S/C17H14N2O5S/c20-12-5-1-10(2-6-12)18-15(22)9-14-16(23)19(17(24)25-14)11-3-7-13(21)8-4-11/h1-8,14,20-21H,9H2,(H,18,22). The van der Waals surface area contributed by atoms with Crippen LogP contribution in [0.1, 0.15) is 6.42 Å². The summed E-state index contributed by atoms with van der Waals surface area (Å²) in [5.41, 5.74) is 0.835. The summed E-state index contributed by atoms with van der Waals surface area (Å²) in [5.74, 6) is -0.770. The molecule has 0 spiro atoms. The van der Waals surface area contributed by atoms with Crippen LogP contribution in [-0.2, 0) is 9.59 Å². The second-order valence-electron chi connectivity index (χ2n) is 5.36. The van der Waals surface area contributed by atoms with Gasteiger partial charge in [0.15, 0.2) is 0 Å². The number of carbonyl (C=O) groups excluding carboxylic acids is 3. The van der Waals surface area contributed by atoms with Crippen molar-refractivity contribution < 1.29 is 24.6 Å². The monoisotopic (exact) mass is 358 g/mol. The van der Waals surface area contributed by atoms with Crippen molar-refractivity contribution in [2.75, 3.05) is 10.2 Å². The van der Waals surface area contributed by atoms with E-state index in [2.05, 4.69) is 5.32 Å². The lowest BCUT2D eigenvalue weighted by atomic mass is 10.2. The van der Waals surface area contributed by atoms with Crippen LogP contribution in [0.5, 0.6) is 11.5 Å². The maximum atomic E-state index is 12.4. The van der Waals surface area contributed by atoms with Crippen molar-refractivity contribution in [1.29, 1.82) is 0 Å². The molecule has 1 unspecified atom stereocenters. The Morgan fingerprint density at radius 2 is 1.56 bits per heavy atom. The predicted molar refractivity (Wildman–Crippen MR) is 93.7 cm³/mol. The fourth-order valence-electron chi connectivity index (χ4n) is 2.35. The number of benzene rings is 2. The van der Waals surface area contributed by atoms with E-state index in [0.717, 1.165) is 16.7 Å². The van der Waals surface area contributed by atoms with Gasteiger partial charge < -0.3 is 15.5 Å². The van der Waals surface area contributed by atoms with Gasteiger partial charge in [-0.05, 0) is 60.3 Å². The Balaban J connectivity index is 1.66. The van der Waals surface area contributed by atoms with Gasteiger partial charge in [-0.1, -0.05) is 0 Å². The van der Waals surface area contributed by atoms with Crippen molar-refractivity contribution in [2.24, 2.45) is 0 Å². The number of nitrogens with zero attached hydrogens (tertiary/aromatic N) is 1. The zero-order valence-electron chi connectivity index (χ0n) is 12.9. The minimum Gasteiger partial charge on any atom is -0.508 e. The van der Waals surface area contributed by atoms with Crippen LogP contribution >= 0.6 is 11.8 Å². The number of anilines is 2. The van der Waals surface area contributed by atoms with Crippen LogP contribution in [0.25, 0.3) is 0 Å². The first-order valence-corrected chi connectivity index (χ1v) is 8.24. The molecule has 0 aliphatic carbocycles.